The Bertz CT molecular complexity index is 866. The second kappa shape index (κ2) is 7.21. The first-order valence-electron chi connectivity index (χ1n) is 9.42. The van der Waals surface area contributed by atoms with Crippen LogP contribution < -0.4 is 5.32 Å². The minimum atomic E-state index is -0.979. The number of aromatic carboxylic acids is 1. The lowest BCUT2D eigenvalue weighted by atomic mass is 10.1. The van der Waals surface area contributed by atoms with Gasteiger partial charge in [-0.1, -0.05) is 6.92 Å². The summed E-state index contributed by atoms with van der Waals surface area (Å²) >= 11 is 0. The third-order valence-corrected chi connectivity index (χ3v) is 4.87. The SMILES string of the molecule is CCc1cc2c(cn1)cc(C(=O)O)n2[C@H]1CCC[C@@H]1NC(=O)OC(C)(C)C. The summed E-state index contributed by atoms with van der Waals surface area (Å²) in [7, 11) is 0. The van der Waals surface area contributed by atoms with Crippen molar-refractivity contribution in [2.75, 3.05) is 0 Å². The third-order valence-electron chi connectivity index (χ3n) is 4.87. The lowest BCUT2D eigenvalue weighted by molar-refractivity contribution is 0.0494. The summed E-state index contributed by atoms with van der Waals surface area (Å²) in [6.45, 7) is 7.47. The van der Waals surface area contributed by atoms with Gasteiger partial charge in [0.2, 0.25) is 0 Å². The number of carbonyl (C=O) groups is 2. The second-order valence-corrected chi connectivity index (χ2v) is 8.04. The van der Waals surface area contributed by atoms with Gasteiger partial charge in [-0.2, -0.15) is 0 Å². The molecule has 7 heteroatoms. The van der Waals surface area contributed by atoms with Gasteiger partial charge in [-0.25, -0.2) is 9.59 Å². The van der Waals surface area contributed by atoms with Crippen molar-refractivity contribution in [2.24, 2.45) is 0 Å². The van der Waals surface area contributed by atoms with E-state index in [4.69, 9.17) is 4.74 Å². The Labute approximate surface area is 158 Å². The summed E-state index contributed by atoms with van der Waals surface area (Å²) in [5.74, 6) is -0.979. The average molecular weight is 373 g/mol. The van der Waals surface area contributed by atoms with Gasteiger partial charge in [-0.05, 0) is 58.6 Å². The van der Waals surface area contributed by atoms with Crippen LogP contribution in [0.2, 0.25) is 0 Å². The monoisotopic (exact) mass is 373 g/mol. The number of alkyl carbamates (subject to hydrolysis) is 1. The number of ether oxygens (including phenoxy) is 1. The molecule has 2 aromatic rings. The molecule has 2 heterocycles. The van der Waals surface area contributed by atoms with Gasteiger partial charge in [0.1, 0.15) is 11.3 Å². The van der Waals surface area contributed by atoms with Crippen LogP contribution in [0.15, 0.2) is 18.3 Å². The predicted molar refractivity (Wildman–Crippen MR) is 102 cm³/mol. The number of hydrogen-bond donors (Lipinski definition) is 2. The molecule has 0 saturated heterocycles. The molecule has 0 aromatic carbocycles. The molecule has 1 fully saturated rings. The molecular weight excluding hydrogens is 346 g/mol. The summed E-state index contributed by atoms with van der Waals surface area (Å²) in [5.41, 5.74) is 1.41. The van der Waals surface area contributed by atoms with Crippen LogP contribution in [-0.4, -0.2) is 38.4 Å². The van der Waals surface area contributed by atoms with E-state index >= 15 is 0 Å². The highest BCUT2D eigenvalue weighted by molar-refractivity contribution is 5.94. The van der Waals surface area contributed by atoms with Gasteiger partial charge in [-0.3, -0.25) is 4.98 Å². The van der Waals surface area contributed by atoms with Gasteiger partial charge in [-0.15, -0.1) is 0 Å². The molecule has 2 aromatic heterocycles. The third kappa shape index (κ3) is 4.07. The maximum absolute atomic E-state index is 12.2. The number of aryl methyl sites for hydroxylation is 1. The van der Waals surface area contributed by atoms with Crippen LogP contribution in [0.4, 0.5) is 4.79 Å². The first-order valence-corrected chi connectivity index (χ1v) is 9.42. The Hall–Kier alpha value is -2.57. The summed E-state index contributed by atoms with van der Waals surface area (Å²) < 4.78 is 7.24. The molecule has 7 nitrogen and oxygen atoms in total. The highest BCUT2D eigenvalue weighted by Gasteiger charge is 2.34. The minimum Gasteiger partial charge on any atom is -0.477 e. The van der Waals surface area contributed by atoms with Crippen LogP contribution in [0.3, 0.4) is 0 Å². The summed E-state index contributed by atoms with van der Waals surface area (Å²) in [6.07, 6.45) is 4.53. The number of hydrogen-bond acceptors (Lipinski definition) is 4. The largest absolute Gasteiger partial charge is 0.477 e. The van der Waals surface area contributed by atoms with E-state index in [1.165, 1.54) is 0 Å². The standard InChI is InChI=1S/C20H27N3O4/c1-5-13-10-16-12(11-21-13)9-17(18(24)25)23(16)15-8-6-7-14(15)22-19(26)27-20(2,3)4/h9-11,14-15H,5-8H2,1-4H3,(H,22,26)(H,24,25)/t14-,15-/m0/s1. The van der Waals surface area contributed by atoms with Crippen molar-refractivity contribution in [3.05, 3.63) is 29.7 Å². The van der Waals surface area contributed by atoms with E-state index in [2.05, 4.69) is 10.3 Å². The fourth-order valence-corrected chi connectivity index (χ4v) is 3.76. The minimum absolute atomic E-state index is 0.131. The molecular formula is C20H27N3O4. The zero-order chi connectivity index (χ0) is 19.8. The van der Waals surface area contributed by atoms with E-state index in [1.807, 2.05) is 38.3 Å². The van der Waals surface area contributed by atoms with Crippen molar-refractivity contribution in [3.8, 4) is 0 Å². The van der Waals surface area contributed by atoms with E-state index in [-0.39, 0.29) is 17.8 Å². The van der Waals surface area contributed by atoms with E-state index < -0.39 is 17.7 Å². The zero-order valence-corrected chi connectivity index (χ0v) is 16.3. The number of carbonyl (C=O) groups excluding carboxylic acids is 1. The summed E-state index contributed by atoms with van der Waals surface area (Å²) in [6, 6.07) is 3.30. The van der Waals surface area contributed by atoms with Crippen molar-refractivity contribution in [1.82, 2.24) is 14.9 Å². The van der Waals surface area contributed by atoms with Crippen LogP contribution in [0.25, 0.3) is 10.9 Å². The van der Waals surface area contributed by atoms with Crippen molar-refractivity contribution in [2.45, 2.75) is 71.1 Å². The molecule has 0 bridgehead atoms. The Morgan fingerprint density at radius 2 is 2.07 bits per heavy atom. The highest BCUT2D eigenvalue weighted by Crippen LogP contribution is 2.35. The van der Waals surface area contributed by atoms with Crippen LogP contribution >= 0.6 is 0 Å². The molecule has 2 N–H and O–H groups in total. The first-order chi connectivity index (χ1) is 12.7. The second-order valence-electron chi connectivity index (χ2n) is 8.04. The zero-order valence-electron chi connectivity index (χ0n) is 16.3. The number of aromatic nitrogens is 2. The lowest BCUT2D eigenvalue weighted by Gasteiger charge is -2.27. The van der Waals surface area contributed by atoms with Gasteiger partial charge < -0.3 is 19.7 Å². The van der Waals surface area contributed by atoms with Crippen molar-refractivity contribution in [1.29, 1.82) is 0 Å². The normalized spacial score (nSPS) is 20.0. The molecule has 0 radical (unpaired) electrons. The number of pyridine rings is 1. The van der Waals surface area contributed by atoms with Gasteiger partial charge in [0, 0.05) is 17.3 Å². The van der Waals surface area contributed by atoms with E-state index in [9.17, 15) is 14.7 Å². The Kier molecular flexibility index (Phi) is 5.13. The maximum atomic E-state index is 12.2. The fraction of sp³-hybridized carbons (Fsp3) is 0.550. The molecule has 1 aliphatic carbocycles. The van der Waals surface area contributed by atoms with Crippen LogP contribution in [-0.2, 0) is 11.2 Å². The summed E-state index contributed by atoms with van der Waals surface area (Å²) in [5, 5.41) is 13.5. The molecule has 0 aliphatic heterocycles. The van der Waals surface area contributed by atoms with Crippen molar-refractivity contribution >= 4 is 23.0 Å². The van der Waals surface area contributed by atoms with Gasteiger partial charge in [0.15, 0.2) is 0 Å². The smallest absolute Gasteiger partial charge is 0.407 e. The number of rotatable bonds is 4. The first kappa shape index (κ1) is 19.2. The Morgan fingerprint density at radius 3 is 2.70 bits per heavy atom. The maximum Gasteiger partial charge on any atom is 0.407 e. The number of carboxylic acids is 1. The molecule has 0 spiro atoms. The highest BCUT2D eigenvalue weighted by atomic mass is 16.6. The van der Waals surface area contributed by atoms with Gasteiger partial charge in [0.25, 0.3) is 0 Å². The molecule has 0 unspecified atom stereocenters. The molecule has 146 valence electrons. The number of nitrogens with zero attached hydrogens (tertiary/aromatic N) is 2. The number of nitrogens with one attached hydrogen (secondary N) is 1. The molecule has 2 atom stereocenters. The molecule has 3 rings (SSSR count). The van der Waals surface area contributed by atoms with Crippen molar-refractivity contribution < 1.29 is 19.4 Å². The number of amides is 1. The lowest BCUT2D eigenvalue weighted by Crippen LogP contribution is -2.41. The van der Waals surface area contributed by atoms with Crippen LogP contribution in [0.5, 0.6) is 0 Å². The van der Waals surface area contributed by atoms with E-state index in [1.54, 1.807) is 12.3 Å². The molecule has 27 heavy (non-hydrogen) atoms. The number of carboxylic acid groups (broad SMARTS) is 1. The van der Waals surface area contributed by atoms with E-state index in [0.717, 1.165) is 42.3 Å². The van der Waals surface area contributed by atoms with E-state index in [0.29, 0.717) is 0 Å². The Morgan fingerprint density at radius 1 is 1.33 bits per heavy atom. The molecule has 1 amide bonds. The Balaban J connectivity index is 1.98. The van der Waals surface area contributed by atoms with Crippen LogP contribution in [0, 0.1) is 0 Å². The summed E-state index contributed by atoms with van der Waals surface area (Å²) in [4.78, 5) is 28.5. The van der Waals surface area contributed by atoms with Crippen molar-refractivity contribution in [3.63, 3.8) is 0 Å². The average Bonchev–Trinajstić information content (AvgIpc) is 3.15. The predicted octanol–water partition coefficient (Wildman–Crippen LogP) is 3.92. The van der Waals surface area contributed by atoms with Gasteiger partial charge in [0.05, 0.1) is 17.6 Å². The molecule has 1 aliphatic rings. The van der Waals surface area contributed by atoms with Crippen LogP contribution in [0.1, 0.15) is 69.2 Å². The molecule has 1 saturated carbocycles. The van der Waals surface area contributed by atoms with Gasteiger partial charge >= 0.3 is 12.1 Å². The topological polar surface area (TPSA) is 93.5 Å². The quantitative estimate of drug-likeness (QED) is 0.847. The fourth-order valence-electron chi connectivity index (χ4n) is 3.76. The number of fused-ring (bicyclic) bond motifs is 1.